The second-order valence-corrected chi connectivity index (χ2v) is 12.8. The van der Waals surface area contributed by atoms with Gasteiger partial charge in [-0.25, -0.2) is 16.8 Å². The Morgan fingerprint density at radius 1 is 0.811 bits per heavy atom. The van der Waals surface area contributed by atoms with Gasteiger partial charge < -0.3 is 5.32 Å². The Kier molecular flexibility index (Phi) is 8.65. The molecule has 2 N–H and O–H groups in total. The highest BCUT2D eigenvalue weighted by atomic mass is 32.2. The van der Waals surface area contributed by atoms with Gasteiger partial charge in [-0.05, 0) is 87.2 Å². The molecule has 3 aromatic rings. The summed E-state index contributed by atoms with van der Waals surface area (Å²) in [5.41, 5.74) is 5.20. The number of nitrogens with zero attached hydrogens (tertiary/aromatic N) is 1. The molecule has 1 amide bonds. The fraction of sp³-hybridized carbons (Fsp3) is 0.296. The number of carbonyl (C=O) groups is 1. The molecule has 0 atom stereocenters. The SMILES string of the molecule is Cc1ccc(NS(=O)(=O)c2ccc(NC(=O)CCCN(c3cc(C)ccc3C)S(C)(=O)=O)cc2)c(C)c1. The maximum atomic E-state index is 12.8. The Labute approximate surface area is 219 Å². The highest BCUT2D eigenvalue weighted by Gasteiger charge is 2.20. The Morgan fingerprint density at radius 3 is 2.05 bits per heavy atom. The fourth-order valence-electron chi connectivity index (χ4n) is 3.91. The Hall–Kier alpha value is -3.37. The van der Waals surface area contributed by atoms with E-state index in [1.165, 1.54) is 28.6 Å². The molecule has 0 saturated carbocycles. The van der Waals surface area contributed by atoms with Gasteiger partial charge in [0.2, 0.25) is 15.9 Å². The Balaban J connectivity index is 1.60. The van der Waals surface area contributed by atoms with Crippen LogP contribution in [-0.2, 0) is 24.8 Å². The zero-order valence-corrected chi connectivity index (χ0v) is 23.3. The lowest BCUT2D eigenvalue weighted by Crippen LogP contribution is -2.32. The van der Waals surface area contributed by atoms with Crippen molar-refractivity contribution in [2.45, 2.75) is 45.4 Å². The molecule has 0 aliphatic rings. The molecular formula is C27H33N3O5S2. The van der Waals surface area contributed by atoms with E-state index in [4.69, 9.17) is 0 Å². The summed E-state index contributed by atoms with van der Waals surface area (Å²) in [5.74, 6) is -0.293. The quantitative estimate of drug-likeness (QED) is 0.377. The van der Waals surface area contributed by atoms with Crippen LogP contribution in [-0.4, -0.2) is 35.5 Å². The summed E-state index contributed by atoms with van der Waals surface area (Å²) in [6, 6.07) is 17.0. The van der Waals surface area contributed by atoms with Crippen LogP contribution in [0.5, 0.6) is 0 Å². The molecule has 0 aromatic heterocycles. The van der Waals surface area contributed by atoms with Crippen molar-refractivity contribution in [2.75, 3.05) is 27.1 Å². The maximum Gasteiger partial charge on any atom is 0.261 e. The van der Waals surface area contributed by atoms with Crippen molar-refractivity contribution in [1.29, 1.82) is 0 Å². The lowest BCUT2D eigenvalue weighted by atomic mass is 10.1. The van der Waals surface area contributed by atoms with Gasteiger partial charge in [-0.15, -0.1) is 0 Å². The third-order valence-electron chi connectivity index (χ3n) is 5.87. The molecule has 37 heavy (non-hydrogen) atoms. The number of anilines is 3. The normalized spacial score (nSPS) is 11.7. The van der Waals surface area contributed by atoms with Crippen LogP contribution in [0.2, 0.25) is 0 Å². The van der Waals surface area contributed by atoms with Crippen molar-refractivity contribution in [3.8, 4) is 0 Å². The number of sulfonamides is 2. The maximum absolute atomic E-state index is 12.8. The van der Waals surface area contributed by atoms with E-state index in [2.05, 4.69) is 10.0 Å². The predicted octanol–water partition coefficient (Wildman–Crippen LogP) is 4.91. The van der Waals surface area contributed by atoms with Gasteiger partial charge in [0.15, 0.2) is 0 Å². The average Bonchev–Trinajstić information content (AvgIpc) is 2.80. The largest absolute Gasteiger partial charge is 0.326 e. The first-order chi connectivity index (χ1) is 17.3. The summed E-state index contributed by atoms with van der Waals surface area (Å²) in [4.78, 5) is 12.6. The monoisotopic (exact) mass is 543 g/mol. The smallest absolute Gasteiger partial charge is 0.261 e. The summed E-state index contributed by atoms with van der Waals surface area (Å²) < 4.78 is 54.2. The molecule has 0 fully saturated rings. The first-order valence-electron chi connectivity index (χ1n) is 11.8. The summed E-state index contributed by atoms with van der Waals surface area (Å²) in [6.07, 6.45) is 1.57. The first kappa shape index (κ1) is 28.2. The zero-order valence-electron chi connectivity index (χ0n) is 21.7. The molecule has 10 heteroatoms. The number of hydrogen-bond acceptors (Lipinski definition) is 5. The van der Waals surface area contributed by atoms with Crippen molar-refractivity contribution in [3.63, 3.8) is 0 Å². The minimum atomic E-state index is -3.79. The number of hydrogen-bond donors (Lipinski definition) is 2. The molecule has 0 bridgehead atoms. The average molecular weight is 544 g/mol. The number of rotatable bonds is 10. The van der Waals surface area contributed by atoms with Crippen molar-refractivity contribution in [1.82, 2.24) is 0 Å². The first-order valence-corrected chi connectivity index (χ1v) is 15.1. The van der Waals surface area contributed by atoms with Crippen LogP contribution in [0.1, 0.15) is 35.1 Å². The number of aryl methyl sites for hydroxylation is 4. The lowest BCUT2D eigenvalue weighted by molar-refractivity contribution is -0.116. The summed E-state index contributed by atoms with van der Waals surface area (Å²) >= 11 is 0. The van der Waals surface area contributed by atoms with Gasteiger partial charge in [-0.2, -0.15) is 0 Å². The molecule has 0 radical (unpaired) electrons. The van der Waals surface area contributed by atoms with Gasteiger partial charge in [0.05, 0.1) is 22.5 Å². The summed E-state index contributed by atoms with van der Waals surface area (Å²) in [5, 5.41) is 2.74. The molecule has 3 rings (SSSR count). The summed E-state index contributed by atoms with van der Waals surface area (Å²) in [7, 11) is -7.31. The van der Waals surface area contributed by atoms with Gasteiger partial charge in [-0.1, -0.05) is 29.8 Å². The van der Waals surface area contributed by atoms with Crippen LogP contribution in [0.25, 0.3) is 0 Å². The molecular weight excluding hydrogens is 510 g/mol. The Bertz CT molecular complexity index is 1500. The van der Waals surface area contributed by atoms with Crippen molar-refractivity contribution in [2.24, 2.45) is 0 Å². The summed E-state index contributed by atoms with van der Waals surface area (Å²) in [6.45, 7) is 7.68. The van der Waals surface area contributed by atoms with Gasteiger partial charge in [-0.3, -0.25) is 13.8 Å². The second-order valence-electron chi connectivity index (χ2n) is 9.23. The van der Waals surface area contributed by atoms with Crippen LogP contribution < -0.4 is 14.3 Å². The molecule has 3 aromatic carbocycles. The van der Waals surface area contributed by atoms with Gasteiger partial charge in [0.25, 0.3) is 10.0 Å². The van der Waals surface area contributed by atoms with Crippen molar-refractivity contribution >= 4 is 43.0 Å². The molecule has 0 spiro atoms. The minimum absolute atomic E-state index is 0.0720. The minimum Gasteiger partial charge on any atom is -0.326 e. The van der Waals surface area contributed by atoms with E-state index < -0.39 is 20.0 Å². The van der Waals surface area contributed by atoms with Crippen LogP contribution in [0, 0.1) is 27.7 Å². The highest BCUT2D eigenvalue weighted by molar-refractivity contribution is 7.92. The van der Waals surface area contributed by atoms with E-state index in [9.17, 15) is 21.6 Å². The van der Waals surface area contributed by atoms with Gasteiger partial charge in [0, 0.05) is 18.7 Å². The van der Waals surface area contributed by atoms with Crippen LogP contribution in [0.4, 0.5) is 17.1 Å². The molecule has 8 nitrogen and oxygen atoms in total. The van der Waals surface area contributed by atoms with Crippen LogP contribution in [0.3, 0.4) is 0 Å². The number of nitrogens with one attached hydrogen (secondary N) is 2. The lowest BCUT2D eigenvalue weighted by Gasteiger charge is -2.24. The van der Waals surface area contributed by atoms with E-state index in [1.807, 2.05) is 58.0 Å². The van der Waals surface area contributed by atoms with E-state index >= 15 is 0 Å². The molecule has 0 aliphatic carbocycles. The van der Waals surface area contributed by atoms with Gasteiger partial charge in [0.1, 0.15) is 0 Å². The third kappa shape index (κ3) is 7.56. The highest BCUT2D eigenvalue weighted by Crippen LogP contribution is 2.25. The van der Waals surface area contributed by atoms with E-state index in [1.54, 1.807) is 6.07 Å². The molecule has 0 unspecified atom stereocenters. The van der Waals surface area contributed by atoms with E-state index in [0.29, 0.717) is 23.5 Å². The standard InChI is InChI=1S/C27H33N3O5S2/c1-19-9-15-25(22(4)17-19)29-37(34,35)24-13-11-23(12-14-24)28-27(31)7-6-16-30(36(5,32)33)26-18-20(2)8-10-21(26)3/h8-15,17-18,29H,6-7,16H2,1-5H3,(H,28,31). The number of carbonyl (C=O) groups excluding carboxylic acids is 1. The topological polar surface area (TPSA) is 113 Å². The number of amides is 1. The van der Waals surface area contributed by atoms with Crippen molar-refractivity contribution < 1.29 is 21.6 Å². The zero-order chi connectivity index (χ0) is 27.4. The van der Waals surface area contributed by atoms with E-state index in [0.717, 1.165) is 28.5 Å². The Morgan fingerprint density at radius 2 is 1.43 bits per heavy atom. The molecule has 0 saturated heterocycles. The third-order valence-corrected chi connectivity index (χ3v) is 8.43. The molecule has 0 aliphatic heterocycles. The molecule has 0 heterocycles. The van der Waals surface area contributed by atoms with Gasteiger partial charge >= 0.3 is 0 Å². The van der Waals surface area contributed by atoms with E-state index in [-0.39, 0.29) is 23.8 Å². The van der Waals surface area contributed by atoms with Crippen LogP contribution in [0.15, 0.2) is 65.6 Å². The fourth-order valence-corrected chi connectivity index (χ4v) is 6.05. The predicted molar refractivity (Wildman–Crippen MR) is 149 cm³/mol. The molecule has 198 valence electrons. The second kappa shape index (κ2) is 11.4. The number of benzene rings is 3. The van der Waals surface area contributed by atoms with Crippen molar-refractivity contribution in [3.05, 3.63) is 82.9 Å². The van der Waals surface area contributed by atoms with Crippen LogP contribution >= 0.6 is 0 Å².